The molecule has 0 aromatic heterocycles. The van der Waals surface area contributed by atoms with Crippen molar-refractivity contribution in [2.45, 2.75) is 76.1 Å². The van der Waals surface area contributed by atoms with Gasteiger partial charge in [0.15, 0.2) is 0 Å². The van der Waals surface area contributed by atoms with Gasteiger partial charge >= 0.3 is 0 Å². The van der Waals surface area contributed by atoms with Crippen LogP contribution in [0.3, 0.4) is 0 Å². The van der Waals surface area contributed by atoms with E-state index in [1.165, 1.54) is 11.1 Å². The largest absolute Gasteiger partial charge is 0.490 e. The van der Waals surface area contributed by atoms with Crippen LogP contribution in [0.25, 0.3) is 0 Å². The topological polar surface area (TPSA) is 65.0 Å². The molecule has 2 aliphatic rings. The van der Waals surface area contributed by atoms with Crippen molar-refractivity contribution >= 4 is 0 Å². The summed E-state index contributed by atoms with van der Waals surface area (Å²) in [5.41, 5.74) is 2.58. The van der Waals surface area contributed by atoms with Crippen molar-refractivity contribution in [1.29, 1.82) is 0 Å². The standard InChI is InChI=1S/C24H38N2O3/c1-18(2)10-13-29-23-6-4-19(5-7-23)14-21(17-27)26-16-20(25-3)15-24(26)11-8-22(28)9-12-24/h4-7,10,20-22,25,27-28H,8-9,11-17H2,1-3H3/t20-,21-,22?,24?/m0/s1. The van der Waals surface area contributed by atoms with Crippen LogP contribution in [0, 0.1) is 0 Å². The van der Waals surface area contributed by atoms with Gasteiger partial charge in [-0.25, -0.2) is 0 Å². The monoisotopic (exact) mass is 402 g/mol. The lowest BCUT2D eigenvalue weighted by Gasteiger charge is -2.46. The molecule has 1 aliphatic heterocycles. The van der Waals surface area contributed by atoms with E-state index in [9.17, 15) is 10.2 Å². The van der Waals surface area contributed by atoms with Crippen molar-refractivity contribution < 1.29 is 14.9 Å². The lowest BCUT2D eigenvalue weighted by molar-refractivity contribution is -0.00529. The molecule has 3 N–H and O–H groups in total. The van der Waals surface area contributed by atoms with Gasteiger partial charge in [0.25, 0.3) is 0 Å². The van der Waals surface area contributed by atoms with E-state index in [1.807, 2.05) is 19.2 Å². The Bertz CT molecular complexity index is 661. The third-order valence-corrected chi connectivity index (χ3v) is 6.73. The van der Waals surface area contributed by atoms with Crippen LogP contribution in [0.4, 0.5) is 0 Å². The molecule has 5 heteroatoms. The van der Waals surface area contributed by atoms with Crippen LogP contribution in [0.15, 0.2) is 35.9 Å². The number of ether oxygens (including phenoxy) is 1. The van der Waals surface area contributed by atoms with E-state index in [-0.39, 0.29) is 24.3 Å². The highest BCUT2D eigenvalue weighted by atomic mass is 16.5. The molecule has 1 saturated heterocycles. The number of rotatable bonds is 8. The summed E-state index contributed by atoms with van der Waals surface area (Å²) < 4.78 is 5.76. The highest BCUT2D eigenvalue weighted by Crippen LogP contribution is 2.43. The number of likely N-dealkylation sites (tertiary alicyclic amines) is 1. The van der Waals surface area contributed by atoms with E-state index in [2.05, 4.69) is 42.3 Å². The Morgan fingerprint density at radius 1 is 1.28 bits per heavy atom. The molecule has 1 aliphatic carbocycles. The average Bonchev–Trinajstić information content (AvgIpc) is 3.07. The van der Waals surface area contributed by atoms with Crippen molar-refractivity contribution in [3.8, 4) is 5.75 Å². The molecule has 3 rings (SSSR count). The second-order valence-electron chi connectivity index (χ2n) is 9.07. The van der Waals surface area contributed by atoms with Gasteiger partial charge in [-0.15, -0.1) is 0 Å². The Balaban J connectivity index is 1.67. The van der Waals surface area contributed by atoms with Crippen LogP contribution in [0.2, 0.25) is 0 Å². The minimum Gasteiger partial charge on any atom is -0.490 e. The van der Waals surface area contributed by atoms with Crippen LogP contribution >= 0.6 is 0 Å². The first-order chi connectivity index (χ1) is 14.0. The molecule has 1 spiro atoms. The fourth-order valence-corrected chi connectivity index (χ4v) is 5.00. The van der Waals surface area contributed by atoms with Crippen LogP contribution in [-0.4, -0.2) is 65.6 Å². The molecule has 2 atom stereocenters. The minimum atomic E-state index is -0.164. The van der Waals surface area contributed by atoms with Crippen molar-refractivity contribution in [2.24, 2.45) is 0 Å². The van der Waals surface area contributed by atoms with Gasteiger partial charge in [0, 0.05) is 24.2 Å². The molecule has 29 heavy (non-hydrogen) atoms. The van der Waals surface area contributed by atoms with E-state index in [4.69, 9.17) is 4.74 Å². The van der Waals surface area contributed by atoms with Gasteiger partial charge in [0.05, 0.1) is 12.7 Å². The Labute approximate surface area is 175 Å². The number of allylic oxidation sites excluding steroid dienone is 1. The lowest BCUT2D eigenvalue weighted by Crippen LogP contribution is -2.53. The number of hydrogen-bond donors (Lipinski definition) is 3. The Morgan fingerprint density at radius 2 is 1.97 bits per heavy atom. The van der Waals surface area contributed by atoms with Gasteiger partial charge in [0.1, 0.15) is 12.4 Å². The van der Waals surface area contributed by atoms with Crippen LogP contribution in [0.5, 0.6) is 5.75 Å². The summed E-state index contributed by atoms with van der Waals surface area (Å²) in [4.78, 5) is 2.54. The van der Waals surface area contributed by atoms with Crippen LogP contribution in [0.1, 0.15) is 51.5 Å². The molecule has 1 heterocycles. The Kier molecular flexibility index (Phi) is 7.74. The molecule has 0 radical (unpaired) electrons. The lowest BCUT2D eigenvalue weighted by atomic mass is 9.77. The highest BCUT2D eigenvalue weighted by molar-refractivity contribution is 5.28. The molecule has 1 saturated carbocycles. The van der Waals surface area contributed by atoms with Crippen molar-refractivity contribution in [3.63, 3.8) is 0 Å². The van der Waals surface area contributed by atoms with Gasteiger partial charge < -0.3 is 20.3 Å². The van der Waals surface area contributed by atoms with E-state index in [0.717, 1.165) is 50.8 Å². The third kappa shape index (κ3) is 5.60. The summed E-state index contributed by atoms with van der Waals surface area (Å²) in [5, 5.41) is 23.7. The Morgan fingerprint density at radius 3 is 2.55 bits per heavy atom. The summed E-state index contributed by atoms with van der Waals surface area (Å²) in [7, 11) is 2.03. The predicted molar refractivity (Wildman–Crippen MR) is 117 cm³/mol. The van der Waals surface area contributed by atoms with Gasteiger partial charge in [-0.3, -0.25) is 4.90 Å². The average molecular weight is 403 g/mol. The second-order valence-corrected chi connectivity index (χ2v) is 9.07. The second kappa shape index (κ2) is 10.1. The molecule has 0 bridgehead atoms. The number of aliphatic hydroxyl groups is 2. The minimum absolute atomic E-state index is 0.0982. The fourth-order valence-electron chi connectivity index (χ4n) is 5.00. The van der Waals surface area contributed by atoms with Gasteiger partial charge in [-0.05, 0) is 83.2 Å². The molecular formula is C24H38N2O3. The number of likely N-dealkylation sites (N-methyl/N-ethyl adjacent to an activating group) is 1. The van der Waals surface area contributed by atoms with Gasteiger partial charge in [-0.2, -0.15) is 0 Å². The maximum atomic E-state index is 10.3. The molecule has 0 unspecified atom stereocenters. The summed E-state index contributed by atoms with van der Waals surface area (Å²) in [6.45, 7) is 5.84. The SMILES string of the molecule is CN[C@@H]1CN([C@H](CO)Cc2ccc(OCC=C(C)C)cc2)C2(CCC(O)CC2)C1. The first-order valence-electron chi connectivity index (χ1n) is 11.0. The van der Waals surface area contributed by atoms with Gasteiger partial charge in [0.2, 0.25) is 0 Å². The fraction of sp³-hybridized carbons (Fsp3) is 0.667. The number of hydrogen-bond acceptors (Lipinski definition) is 5. The quantitative estimate of drug-likeness (QED) is 0.584. The van der Waals surface area contributed by atoms with Crippen molar-refractivity contribution in [2.75, 3.05) is 26.8 Å². The van der Waals surface area contributed by atoms with E-state index in [1.54, 1.807) is 0 Å². The molecule has 5 nitrogen and oxygen atoms in total. The first kappa shape index (κ1) is 22.3. The van der Waals surface area contributed by atoms with Crippen molar-refractivity contribution in [1.82, 2.24) is 10.2 Å². The van der Waals surface area contributed by atoms with Gasteiger partial charge in [-0.1, -0.05) is 17.7 Å². The summed E-state index contributed by atoms with van der Waals surface area (Å²) in [5.74, 6) is 0.876. The van der Waals surface area contributed by atoms with E-state index < -0.39 is 0 Å². The zero-order valence-electron chi connectivity index (χ0n) is 18.2. The zero-order valence-corrected chi connectivity index (χ0v) is 18.2. The summed E-state index contributed by atoms with van der Waals surface area (Å²) >= 11 is 0. The van der Waals surface area contributed by atoms with Crippen molar-refractivity contribution in [3.05, 3.63) is 41.5 Å². The van der Waals surface area contributed by atoms with Crippen LogP contribution < -0.4 is 10.1 Å². The zero-order chi connectivity index (χ0) is 20.9. The number of aliphatic hydroxyl groups excluding tert-OH is 2. The summed E-state index contributed by atoms with van der Waals surface area (Å²) in [6, 6.07) is 8.82. The molecule has 1 aromatic rings. The van der Waals surface area contributed by atoms with Crippen LogP contribution in [-0.2, 0) is 6.42 Å². The molecule has 2 fully saturated rings. The predicted octanol–water partition coefficient (Wildman–Crippen LogP) is 2.90. The maximum absolute atomic E-state index is 10.3. The maximum Gasteiger partial charge on any atom is 0.119 e. The number of nitrogens with one attached hydrogen (secondary N) is 1. The Hall–Kier alpha value is -1.40. The third-order valence-electron chi connectivity index (χ3n) is 6.73. The number of benzene rings is 1. The highest BCUT2D eigenvalue weighted by Gasteiger charge is 2.48. The van der Waals surface area contributed by atoms with E-state index >= 15 is 0 Å². The molecular weight excluding hydrogens is 364 g/mol. The van der Waals surface area contributed by atoms with E-state index in [0.29, 0.717) is 12.6 Å². The molecule has 0 amide bonds. The summed E-state index contributed by atoms with van der Waals surface area (Å²) in [6.07, 6.45) is 7.59. The molecule has 1 aromatic carbocycles. The molecule has 162 valence electrons. The smallest absolute Gasteiger partial charge is 0.119 e. The number of nitrogens with zero attached hydrogens (tertiary/aromatic N) is 1. The first-order valence-corrected chi connectivity index (χ1v) is 11.0. The normalized spacial score (nSPS) is 28.4.